The predicted molar refractivity (Wildman–Crippen MR) is 86.6 cm³/mol. The molecule has 2 unspecified atom stereocenters. The fourth-order valence-corrected chi connectivity index (χ4v) is 4.02. The third-order valence-corrected chi connectivity index (χ3v) is 5.12. The average molecular weight is 303 g/mol. The molecule has 112 valence electrons. The van der Waals surface area contributed by atoms with Crippen molar-refractivity contribution in [2.24, 2.45) is 0 Å². The first-order chi connectivity index (χ1) is 10.3. The first-order valence-corrected chi connectivity index (χ1v) is 8.71. The van der Waals surface area contributed by atoms with Crippen LogP contribution in [0, 0.1) is 0 Å². The Bertz CT molecular complexity index is 581. The van der Waals surface area contributed by atoms with Crippen molar-refractivity contribution in [3.63, 3.8) is 0 Å². The molecule has 1 N–H and O–H groups in total. The summed E-state index contributed by atoms with van der Waals surface area (Å²) < 4.78 is 5.52. The average Bonchev–Trinajstić information content (AvgIpc) is 3.16. The van der Waals surface area contributed by atoms with Crippen molar-refractivity contribution in [1.29, 1.82) is 0 Å². The first-order valence-electron chi connectivity index (χ1n) is 7.55. The number of likely N-dealkylation sites (N-methyl/N-ethyl adjacent to an activating group) is 1. The SMILES string of the molecule is CCNC1CSCC1c1nc(-c2ccc(CC)cc2)no1. The van der Waals surface area contributed by atoms with Gasteiger partial charge in [-0.15, -0.1) is 0 Å². The minimum atomic E-state index is 0.325. The van der Waals surface area contributed by atoms with Gasteiger partial charge in [0.05, 0.1) is 5.92 Å². The topological polar surface area (TPSA) is 51.0 Å². The molecule has 2 atom stereocenters. The maximum atomic E-state index is 5.52. The number of benzene rings is 1. The van der Waals surface area contributed by atoms with Crippen LogP contribution in [-0.2, 0) is 6.42 Å². The van der Waals surface area contributed by atoms with Gasteiger partial charge in [-0.05, 0) is 18.5 Å². The highest BCUT2D eigenvalue weighted by molar-refractivity contribution is 7.99. The van der Waals surface area contributed by atoms with E-state index in [0.29, 0.717) is 17.8 Å². The molecule has 5 heteroatoms. The summed E-state index contributed by atoms with van der Waals surface area (Å²) in [6, 6.07) is 8.82. The van der Waals surface area contributed by atoms with Gasteiger partial charge >= 0.3 is 0 Å². The predicted octanol–water partition coefficient (Wildman–Crippen LogP) is 3.11. The summed E-state index contributed by atoms with van der Waals surface area (Å²) in [4.78, 5) is 4.62. The molecule has 1 aliphatic rings. The first kappa shape index (κ1) is 14.6. The van der Waals surface area contributed by atoms with E-state index in [2.05, 4.69) is 53.6 Å². The van der Waals surface area contributed by atoms with Crippen LogP contribution in [0.1, 0.15) is 31.2 Å². The molecular formula is C16H21N3OS. The lowest BCUT2D eigenvalue weighted by molar-refractivity contribution is 0.340. The van der Waals surface area contributed by atoms with Gasteiger partial charge in [0, 0.05) is 23.1 Å². The molecule has 0 amide bonds. The van der Waals surface area contributed by atoms with E-state index in [9.17, 15) is 0 Å². The van der Waals surface area contributed by atoms with Crippen LogP contribution in [0.5, 0.6) is 0 Å². The molecule has 1 aliphatic heterocycles. The molecule has 1 fully saturated rings. The Labute approximate surface area is 129 Å². The van der Waals surface area contributed by atoms with E-state index in [0.717, 1.165) is 35.9 Å². The van der Waals surface area contributed by atoms with Crippen LogP contribution in [0.4, 0.5) is 0 Å². The second-order valence-corrected chi connectivity index (χ2v) is 6.39. The van der Waals surface area contributed by atoms with Gasteiger partial charge in [-0.1, -0.05) is 43.3 Å². The van der Waals surface area contributed by atoms with Gasteiger partial charge in [0.1, 0.15) is 0 Å². The van der Waals surface area contributed by atoms with Crippen LogP contribution in [0.15, 0.2) is 28.8 Å². The van der Waals surface area contributed by atoms with Gasteiger partial charge < -0.3 is 9.84 Å². The van der Waals surface area contributed by atoms with Crippen LogP contribution in [0.3, 0.4) is 0 Å². The van der Waals surface area contributed by atoms with Crippen molar-refractivity contribution < 1.29 is 4.52 Å². The van der Waals surface area contributed by atoms with Crippen molar-refractivity contribution in [3.05, 3.63) is 35.7 Å². The standard InChI is InChI=1S/C16H21N3OS/c1-3-11-5-7-12(8-6-11)15-18-16(20-19-15)13-9-21-10-14(13)17-4-2/h5-8,13-14,17H,3-4,9-10H2,1-2H3. The molecule has 2 heterocycles. The maximum Gasteiger partial charge on any atom is 0.232 e. The number of hydrogen-bond acceptors (Lipinski definition) is 5. The van der Waals surface area contributed by atoms with Gasteiger partial charge in [-0.2, -0.15) is 16.7 Å². The van der Waals surface area contributed by atoms with Gasteiger partial charge in [-0.3, -0.25) is 0 Å². The number of thioether (sulfide) groups is 1. The zero-order chi connectivity index (χ0) is 14.7. The van der Waals surface area contributed by atoms with Crippen LogP contribution in [0.2, 0.25) is 0 Å². The molecule has 0 saturated carbocycles. The maximum absolute atomic E-state index is 5.52. The summed E-state index contributed by atoms with van der Waals surface area (Å²) in [5, 5.41) is 7.67. The van der Waals surface area contributed by atoms with E-state index in [1.807, 2.05) is 11.8 Å². The fourth-order valence-electron chi connectivity index (χ4n) is 2.65. The minimum Gasteiger partial charge on any atom is -0.339 e. The summed E-state index contributed by atoms with van der Waals surface area (Å²) in [6.45, 7) is 5.26. The Balaban J connectivity index is 1.79. The highest BCUT2D eigenvalue weighted by Crippen LogP contribution is 2.32. The van der Waals surface area contributed by atoms with Crippen molar-refractivity contribution in [2.75, 3.05) is 18.1 Å². The Morgan fingerprint density at radius 3 is 2.76 bits per heavy atom. The van der Waals surface area contributed by atoms with E-state index < -0.39 is 0 Å². The quantitative estimate of drug-likeness (QED) is 0.920. The Kier molecular flexibility index (Phi) is 4.60. The van der Waals surface area contributed by atoms with Crippen LogP contribution in [0.25, 0.3) is 11.4 Å². The number of aryl methyl sites for hydroxylation is 1. The molecule has 3 rings (SSSR count). The molecule has 2 aromatic rings. The van der Waals surface area contributed by atoms with E-state index in [1.165, 1.54) is 5.56 Å². The summed E-state index contributed by atoms with van der Waals surface area (Å²) in [5.41, 5.74) is 2.34. The van der Waals surface area contributed by atoms with Crippen molar-refractivity contribution in [1.82, 2.24) is 15.5 Å². The monoisotopic (exact) mass is 303 g/mol. The lowest BCUT2D eigenvalue weighted by Crippen LogP contribution is -2.34. The van der Waals surface area contributed by atoms with Crippen molar-refractivity contribution >= 4 is 11.8 Å². The zero-order valence-corrected chi connectivity index (χ0v) is 13.3. The summed E-state index contributed by atoms with van der Waals surface area (Å²) in [7, 11) is 0. The number of nitrogens with zero attached hydrogens (tertiary/aromatic N) is 2. The zero-order valence-electron chi connectivity index (χ0n) is 12.5. The molecule has 0 radical (unpaired) electrons. The highest BCUT2D eigenvalue weighted by atomic mass is 32.2. The van der Waals surface area contributed by atoms with Crippen LogP contribution in [-0.4, -0.2) is 34.2 Å². The second kappa shape index (κ2) is 6.62. The molecule has 21 heavy (non-hydrogen) atoms. The minimum absolute atomic E-state index is 0.325. The normalized spacial score (nSPS) is 21.8. The number of rotatable bonds is 5. The molecule has 1 aromatic carbocycles. The third-order valence-electron chi connectivity index (χ3n) is 3.93. The van der Waals surface area contributed by atoms with Gasteiger partial charge in [0.2, 0.25) is 11.7 Å². The summed E-state index contributed by atoms with van der Waals surface area (Å²) >= 11 is 1.94. The third kappa shape index (κ3) is 3.14. The molecule has 0 aliphatic carbocycles. The van der Waals surface area contributed by atoms with Crippen molar-refractivity contribution in [2.45, 2.75) is 32.2 Å². The van der Waals surface area contributed by atoms with E-state index in [-0.39, 0.29) is 0 Å². The van der Waals surface area contributed by atoms with Gasteiger partial charge in [0.15, 0.2) is 0 Å². The Morgan fingerprint density at radius 2 is 2.05 bits per heavy atom. The molecule has 1 aromatic heterocycles. The number of hydrogen-bond donors (Lipinski definition) is 1. The molecule has 0 spiro atoms. The Hall–Kier alpha value is -1.33. The largest absolute Gasteiger partial charge is 0.339 e. The number of nitrogens with one attached hydrogen (secondary N) is 1. The van der Waals surface area contributed by atoms with Gasteiger partial charge in [0.25, 0.3) is 0 Å². The molecule has 1 saturated heterocycles. The fraction of sp³-hybridized carbons (Fsp3) is 0.500. The van der Waals surface area contributed by atoms with Gasteiger partial charge in [-0.25, -0.2) is 0 Å². The summed E-state index contributed by atoms with van der Waals surface area (Å²) in [5.74, 6) is 3.95. The summed E-state index contributed by atoms with van der Waals surface area (Å²) in [6.07, 6.45) is 1.04. The lowest BCUT2D eigenvalue weighted by atomic mass is 10.0. The smallest absolute Gasteiger partial charge is 0.232 e. The lowest BCUT2D eigenvalue weighted by Gasteiger charge is -2.15. The van der Waals surface area contributed by atoms with Crippen LogP contribution >= 0.6 is 11.8 Å². The molecular weight excluding hydrogens is 282 g/mol. The van der Waals surface area contributed by atoms with E-state index in [4.69, 9.17) is 4.52 Å². The Morgan fingerprint density at radius 1 is 1.24 bits per heavy atom. The van der Waals surface area contributed by atoms with Crippen LogP contribution < -0.4 is 5.32 Å². The molecule has 0 bridgehead atoms. The van der Waals surface area contributed by atoms with Crippen molar-refractivity contribution in [3.8, 4) is 11.4 Å². The highest BCUT2D eigenvalue weighted by Gasteiger charge is 2.32. The van der Waals surface area contributed by atoms with E-state index >= 15 is 0 Å². The molecule has 4 nitrogen and oxygen atoms in total. The second-order valence-electron chi connectivity index (χ2n) is 5.31. The number of aromatic nitrogens is 2. The van der Waals surface area contributed by atoms with E-state index in [1.54, 1.807) is 0 Å².